The normalized spacial score (nSPS) is 16.4. The van der Waals surface area contributed by atoms with Gasteiger partial charge in [0.05, 0.1) is 11.1 Å². The molecule has 0 saturated heterocycles. The Morgan fingerprint density at radius 3 is 2.22 bits per heavy atom. The molecule has 1 aliphatic heterocycles. The molecule has 0 bridgehead atoms. The van der Waals surface area contributed by atoms with Gasteiger partial charge in [-0.3, -0.25) is 9.59 Å². The Labute approximate surface area is 135 Å². The number of nitrogens with zero attached hydrogens (tertiary/aromatic N) is 2. The molecular formula is C19H18N2O2. The van der Waals surface area contributed by atoms with E-state index < -0.39 is 11.3 Å². The van der Waals surface area contributed by atoms with Crippen molar-refractivity contribution in [2.24, 2.45) is 10.5 Å². The summed E-state index contributed by atoms with van der Waals surface area (Å²) in [5.41, 5.74) is 2.15. The van der Waals surface area contributed by atoms with Crippen LogP contribution in [-0.2, 0) is 4.79 Å². The summed E-state index contributed by atoms with van der Waals surface area (Å²) in [5, 5.41) is 5.33. The Morgan fingerprint density at radius 1 is 1.00 bits per heavy atom. The minimum atomic E-state index is -0.832. The van der Waals surface area contributed by atoms with Gasteiger partial charge in [0.2, 0.25) is 0 Å². The second kappa shape index (κ2) is 5.47. The van der Waals surface area contributed by atoms with Gasteiger partial charge in [-0.1, -0.05) is 48.0 Å². The summed E-state index contributed by atoms with van der Waals surface area (Å²) >= 11 is 0. The summed E-state index contributed by atoms with van der Waals surface area (Å²) in [7, 11) is 0. The fourth-order valence-electron chi connectivity index (χ4n) is 2.61. The number of hydrazone groups is 1. The molecule has 0 spiro atoms. The van der Waals surface area contributed by atoms with Crippen LogP contribution in [-0.4, -0.2) is 22.5 Å². The van der Waals surface area contributed by atoms with Crippen molar-refractivity contribution in [3.05, 3.63) is 71.3 Å². The second-order valence-electron chi connectivity index (χ2n) is 6.23. The molecule has 23 heavy (non-hydrogen) atoms. The highest BCUT2D eigenvalue weighted by atomic mass is 16.2. The number of aryl methyl sites for hydroxylation is 1. The fraction of sp³-hybridized carbons (Fsp3) is 0.211. The quantitative estimate of drug-likeness (QED) is 0.798. The molecule has 2 aromatic carbocycles. The van der Waals surface area contributed by atoms with Gasteiger partial charge in [-0.2, -0.15) is 10.1 Å². The molecule has 0 N–H and O–H groups in total. The van der Waals surface area contributed by atoms with E-state index in [0.717, 1.165) is 16.1 Å². The van der Waals surface area contributed by atoms with Crippen molar-refractivity contribution in [2.75, 3.05) is 0 Å². The maximum Gasteiger partial charge on any atom is 0.281 e. The standard InChI is InChI=1S/C19H18N2O2/c1-13-9-11-15(12-10-13)17(22)21-18(23)19(2,3)16(20-21)14-7-5-4-6-8-14/h4-12H,1-3H3. The molecule has 116 valence electrons. The predicted molar refractivity (Wildman–Crippen MR) is 89.1 cm³/mol. The molecule has 0 fully saturated rings. The maximum atomic E-state index is 12.7. The highest BCUT2D eigenvalue weighted by Gasteiger charge is 2.46. The number of hydrogen-bond acceptors (Lipinski definition) is 3. The third-order valence-electron chi connectivity index (χ3n) is 4.06. The first-order valence-electron chi connectivity index (χ1n) is 7.51. The van der Waals surface area contributed by atoms with Crippen molar-refractivity contribution in [2.45, 2.75) is 20.8 Å². The van der Waals surface area contributed by atoms with E-state index in [1.54, 1.807) is 26.0 Å². The molecule has 2 aromatic rings. The first kappa shape index (κ1) is 15.2. The maximum absolute atomic E-state index is 12.7. The second-order valence-corrected chi connectivity index (χ2v) is 6.23. The lowest BCUT2D eigenvalue weighted by molar-refractivity contribution is -0.132. The zero-order chi connectivity index (χ0) is 16.6. The first-order valence-corrected chi connectivity index (χ1v) is 7.51. The van der Waals surface area contributed by atoms with Crippen LogP contribution in [0, 0.1) is 12.3 Å². The fourth-order valence-corrected chi connectivity index (χ4v) is 2.61. The number of carbonyl (C=O) groups is 2. The molecule has 1 aliphatic rings. The van der Waals surface area contributed by atoms with Crippen molar-refractivity contribution in [3.63, 3.8) is 0 Å². The minimum absolute atomic E-state index is 0.304. The molecule has 0 unspecified atom stereocenters. The van der Waals surface area contributed by atoms with E-state index in [-0.39, 0.29) is 5.91 Å². The van der Waals surface area contributed by atoms with E-state index in [1.807, 2.05) is 49.4 Å². The number of rotatable bonds is 2. The van der Waals surface area contributed by atoms with Crippen LogP contribution in [0.25, 0.3) is 0 Å². The van der Waals surface area contributed by atoms with E-state index in [1.165, 1.54) is 0 Å². The molecule has 4 nitrogen and oxygen atoms in total. The molecular weight excluding hydrogens is 288 g/mol. The highest BCUT2D eigenvalue weighted by Crippen LogP contribution is 2.32. The molecule has 4 heteroatoms. The van der Waals surface area contributed by atoms with Gasteiger partial charge >= 0.3 is 0 Å². The van der Waals surface area contributed by atoms with Gasteiger partial charge in [0.25, 0.3) is 11.8 Å². The minimum Gasteiger partial charge on any atom is -0.271 e. The van der Waals surface area contributed by atoms with E-state index in [9.17, 15) is 9.59 Å². The predicted octanol–water partition coefficient (Wildman–Crippen LogP) is 3.41. The smallest absolute Gasteiger partial charge is 0.271 e. The van der Waals surface area contributed by atoms with Crippen LogP contribution in [0.5, 0.6) is 0 Å². The Morgan fingerprint density at radius 2 is 1.61 bits per heavy atom. The number of benzene rings is 2. The number of carbonyl (C=O) groups excluding carboxylic acids is 2. The average molecular weight is 306 g/mol. The highest BCUT2D eigenvalue weighted by molar-refractivity contribution is 6.23. The Balaban J connectivity index is 2.00. The van der Waals surface area contributed by atoms with Crippen LogP contribution in [0.15, 0.2) is 59.7 Å². The van der Waals surface area contributed by atoms with Crippen LogP contribution < -0.4 is 0 Å². The molecule has 0 radical (unpaired) electrons. The van der Waals surface area contributed by atoms with Gasteiger partial charge in [-0.25, -0.2) is 0 Å². The molecule has 0 saturated carbocycles. The monoisotopic (exact) mass is 306 g/mol. The summed E-state index contributed by atoms with van der Waals surface area (Å²) < 4.78 is 0. The van der Waals surface area contributed by atoms with Crippen molar-refractivity contribution in [1.82, 2.24) is 5.01 Å². The van der Waals surface area contributed by atoms with Gasteiger partial charge in [-0.05, 0) is 38.5 Å². The molecule has 3 rings (SSSR count). The zero-order valence-corrected chi connectivity index (χ0v) is 13.4. The van der Waals surface area contributed by atoms with Crippen LogP contribution in [0.1, 0.15) is 35.3 Å². The zero-order valence-electron chi connectivity index (χ0n) is 13.4. The van der Waals surface area contributed by atoms with E-state index in [2.05, 4.69) is 5.10 Å². The van der Waals surface area contributed by atoms with E-state index >= 15 is 0 Å². The van der Waals surface area contributed by atoms with Crippen LogP contribution in [0.2, 0.25) is 0 Å². The number of amides is 2. The summed E-state index contributed by atoms with van der Waals surface area (Å²) in [6, 6.07) is 16.6. The molecule has 1 heterocycles. The lowest BCUT2D eigenvalue weighted by atomic mass is 9.83. The lowest BCUT2D eigenvalue weighted by Crippen LogP contribution is -2.37. The van der Waals surface area contributed by atoms with Crippen LogP contribution in [0.3, 0.4) is 0 Å². The summed E-state index contributed by atoms with van der Waals surface area (Å²) in [6.45, 7) is 5.54. The number of imide groups is 1. The largest absolute Gasteiger partial charge is 0.281 e. The summed E-state index contributed by atoms with van der Waals surface area (Å²) in [5.74, 6) is -0.698. The topological polar surface area (TPSA) is 49.7 Å². The van der Waals surface area contributed by atoms with Crippen LogP contribution >= 0.6 is 0 Å². The van der Waals surface area contributed by atoms with Crippen LogP contribution in [0.4, 0.5) is 0 Å². The van der Waals surface area contributed by atoms with Gasteiger partial charge in [0.1, 0.15) is 0 Å². The van der Waals surface area contributed by atoms with Gasteiger partial charge in [0.15, 0.2) is 0 Å². The lowest BCUT2D eigenvalue weighted by Gasteiger charge is -2.18. The third-order valence-corrected chi connectivity index (χ3v) is 4.06. The van der Waals surface area contributed by atoms with Crippen molar-refractivity contribution >= 4 is 17.5 Å². The van der Waals surface area contributed by atoms with Crippen molar-refractivity contribution < 1.29 is 9.59 Å². The Kier molecular flexibility index (Phi) is 3.60. The SMILES string of the molecule is Cc1ccc(C(=O)N2N=C(c3ccccc3)C(C)(C)C2=O)cc1. The molecule has 0 aliphatic carbocycles. The van der Waals surface area contributed by atoms with Crippen molar-refractivity contribution in [1.29, 1.82) is 0 Å². The molecule has 2 amide bonds. The number of hydrogen-bond donors (Lipinski definition) is 0. The van der Waals surface area contributed by atoms with Gasteiger partial charge in [0, 0.05) is 5.56 Å². The van der Waals surface area contributed by atoms with Gasteiger partial charge in [-0.15, -0.1) is 0 Å². The summed E-state index contributed by atoms with van der Waals surface area (Å²) in [4.78, 5) is 25.3. The summed E-state index contributed by atoms with van der Waals surface area (Å²) in [6.07, 6.45) is 0. The third kappa shape index (κ3) is 2.57. The van der Waals surface area contributed by atoms with E-state index in [4.69, 9.17) is 0 Å². The molecule has 0 aromatic heterocycles. The molecule has 0 atom stereocenters. The average Bonchev–Trinajstić information content (AvgIpc) is 2.79. The Hall–Kier alpha value is -2.75. The van der Waals surface area contributed by atoms with Gasteiger partial charge < -0.3 is 0 Å². The van der Waals surface area contributed by atoms with E-state index in [0.29, 0.717) is 11.3 Å². The first-order chi connectivity index (χ1) is 10.9. The van der Waals surface area contributed by atoms with Crippen molar-refractivity contribution in [3.8, 4) is 0 Å². The Bertz CT molecular complexity index is 790.